The van der Waals surface area contributed by atoms with Crippen LogP contribution in [0.1, 0.15) is 42.2 Å². The summed E-state index contributed by atoms with van der Waals surface area (Å²) in [5, 5.41) is 9.31. The van der Waals surface area contributed by atoms with Gasteiger partial charge < -0.3 is 10.0 Å². The number of carboxylic acid groups (broad SMARTS) is 1. The molecule has 1 aromatic rings. The van der Waals surface area contributed by atoms with Gasteiger partial charge in [0.1, 0.15) is 5.15 Å². The van der Waals surface area contributed by atoms with Crippen molar-refractivity contribution in [2.45, 2.75) is 32.6 Å². The van der Waals surface area contributed by atoms with E-state index in [4.69, 9.17) is 16.7 Å². The molecule has 1 aliphatic heterocycles. The van der Waals surface area contributed by atoms with Crippen molar-refractivity contribution in [3.63, 3.8) is 0 Å². The number of pyridine rings is 1. The number of carbonyl (C=O) groups is 2. The molecular weight excluding hydrogens is 292 g/mol. The van der Waals surface area contributed by atoms with Crippen LogP contribution < -0.4 is 0 Å². The predicted octanol–water partition coefficient (Wildman–Crippen LogP) is 2.62. The molecule has 0 atom stereocenters. The van der Waals surface area contributed by atoms with Crippen LogP contribution in [0.2, 0.25) is 5.15 Å². The molecule has 2 heterocycles. The highest BCUT2D eigenvalue weighted by Gasteiger charge is 2.27. The molecule has 0 unspecified atom stereocenters. The second-order valence-corrected chi connectivity index (χ2v) is 5.71. The average Bonchev–Trinajstić information content (AvgIpc) is 2.46. The summed E-state index contributed by atoms with van der Waals surface area (Å²) in [5.74, 6) is -1.22. The second kappa shape index (κ2) is 6.89. The van der Waals surface area contributed by atoms with Crippen LogP contribution in [0.25, 0.3) is 0 Å². The van der Waals surface area contributed by atoms with Crippen LogP contribution in [0.15, 0.2) is 12.1 Å². The zero-order chi connectivity index (χ0) is 15.4. The zero-order valence-electron chi connectivity index (χ0n) is 12.0. The molecule has 1 saturated heterocycles. The molecule has 1 amide bonds. The lowest BCUT2D eigenvalue weighted by Crippen LogP contribution is -2.40. The normalized spacial score (nSPS) is 16.0. The number of aliphatic carboxylic acids is 1. The second-order valence-electron chi connectivity index (χ2n) is 5.32. The quantitative estimate of drug-likeness (QED) is 0.868. The maximum Gasteiger partial charge on any atom is 0.306 e. The average molecular weight is 311 g/mol. The van der Waals surface area contributed by atoms with Gasteiger partial charge in [-0.25, -0.2) is 4.98 Å². The number of hydrogen-bond acceptors (Lipinski definition) is 3. The highest BCUT2D eigenvalue weighted by molar-refractivity contribution is 6.29. The minimum atomic E-state index is -0.778. The Morgan fingerprint density at radius 2 is 2.05 bits per heavy atom. The number of likely N-dealkylation sites (tertiary alicyclic amines) is 1. The van der Waals surface area contributed by atoms with Gasteiger partial charge in [-0.1, -0.05) is 24.9 Å². The number of hydrogen-bond donors (Lipinski definition) is 1. The van der Waals surface area contributed by atoms with E-state index in [0.29, 0.717) is 36.6 Å². The van der Waals surface area contributed by atoms with Crippen LogP contribution in [0, 0.1) is 5.92 Å². The van der Waals surface area contributed by atoms with Crippen LogP contribution in [0.5, 0.6) is 0 Å². The minimum Gasteiger partial charge on any atom is -0.481 e. The Labute approximate surface area is 128 Å². The maximum atomic E-state index is 12.5. The van der Waals surface area contributed by atoms with Gasteiger partial charge >= 0.3 is 5.97 Å². The summed E-state index contributed by atoms with van der Waals surface area (Å²) < 4.78 is 0. The smallest absolute Gasteiger partial charge is 0.306 e. The Morgan fingerprint density at radius 3 is 2.62 bits per heavy atom. The van der Waals surface area contributed by atoms with Gasteiger partial charge in [0.05, 0.1) is 5.92 Å². The van der Waals surface area contributed by atoms with Crippen LogP contribution >= 0.6 is 11.6 Å². The fourth-order valence-corrected chi connectivity index (χ4v) is 2.80. The van der Waals surface area contributed by atoms with Gasteiger partial charge in [-0.2, -0.15) is 0 Å². The Kier molecular flexibility index (Phi) is 5.17. The van der Waals surface area contributed by atoms with E-state index in [9.17, 15) is 9.59 Å². The fraction of sp³-hybridized carbons (Fsp3) is 0.533. The minimum absolute atomic E-state index is 0.0968. The summed E-state index contributed by atoms with van der Waals surface area (Å²) >= 11 is 5.97. The van der Waals surface area contributed by atoms with E-state index in [1.807, 2.05) is 6.92 Å². The summed E-state index contributed by atoms with van der Waals surface area (Å²) in [4.78, 5) is 29.3. The number of rotatable bonds is 4. The molecule has 6 heteroatoms. The Balaban J connectivity index is 2.08. The fourth-order valence-electron chi connectivity index (χ4n) is 2.57. The van der Waals surface area contributed by atoms with E-state index >= 15 is 0 Å². The zero-order valence-corrected chi connectivity index (χ0v) is 12.8. The number of halogens is 1. The maximum absolute atomic E-state index is 12.5. The van der Waals surface area contributed by atoms with Crippen LogP contribution in [-0.4, -0.2) is 40.0 Å². The first kappa shape index (κ1) is 15.8. The summed E-state index contributed by atoms with van der Waals surface area (Å²) in [6.45, 7) is 2.98. The van der Waals surface area contributed by atoms with Gasteiger partial charge in [-0.05, 0) is 31.4 Å². The first-order valence-corrected chi connectivity index (χ1v) is 7.57. The lowest BCUT2D eigenvalue weighted by Gasteiger charge is -2.30. The number of amides is 1. The van der Waals surface area contributed by atoms with Gasteiger partial charge in [-0.3, -0.25) is 9.59 Å². The monoisotopic (exact) mass is 310 g/mol. The van der Waals surface area contributed by atoms with Crippen molar-refractivity contribution < 1.29 is 14.7 Å². The van der Waals surface area contributed by atoms with Crippen molar-refractivity contribution in [3.05, 3.63) is 28.5 Å². The molecule has 0 saturated carbocycles. The molecule has 5 nitrogen and oxygen atoms in total. The molecule has 1 aliphatic rings. The molecule has 1 fully saturated rings. The van der Waals surface area contributed by atoms with Gasteiger partial charge in [-0.15, -0.1) is 0 Å². The number of aryl methyl sites for hydroxylation is 1. The molecule has 0 aromatic carbocycles. The third-order valence-corrected chi connectivity index (χ3v) is 3.93. The van der Waals surface area contributed by atoms with E-state index in [1.165, 1.54) is 0 Å². The molecule has 1 N–H and O–H groups in total. The summed E-state index contributed by atoms with van der Waals surface area (Å²) in [5.41, 5.74) is 1.35. The number of piperidine rings is 1. The summed E-state index contributed by atoms with van der Waals surface area (Å²) in [6, 6.07) is 3.35. The molecular formula is C15H19ClN2O3. The molecule has 1 aromatic heterocycles. The lowest BCUT2D eigenvalue weighted by molar-refractivity contribution is -0.143. The largest absolute Gasteiger partial charge is 0.481 e. The topological polar surface area (TPSA) is 70.5 Å². The highest BCUT2D eigenvalue weighted by Crippen LogP contribution is 2.20. The third-order valence-electron chi connectivity index (χ3n) is 3.73. The van der Waals surface area contributed by atoms with Gasteiger partial charge in [0.2, 0.25) is 0 Å². The van der Waals surface area contributed by atoms with Gasteiger partial charge in [0.15, 0.2) is 0 Å². The summed E-state index contributed by atoms with van der Waals surface area (Å²) in [7, 11) is 0. The van der Waals surface area contributed by atoms with Gasteiger partial charge in [0.25, 0.3) is 5.91 Å². The van der Waals surface area contributed by atoms with E-state index in [2.05, 4.69) is 4.98 Å². The molecule has 0 aliphatic carbocycles. The number of aromatic nitrogens is 1. The van der Waals surface area contributed by atoms with Crippen LogP contribution in [0.3, 0.4) is 0 Å². The Bertz CT molecular complexity index is 540. The van der Waals surface area contributed by atoms with E-state index in [0.717, 1.165) is 18.5 Å². The first-order valence-electron chi connectivity index (χ1n) is 7.19. The molecule has 114 valence electrons. The van der Waals surface area contributed by atoms with Crippen molar-refractivity contribution in [2.24, 2.45) is 5.92 Å². The van der Waals surface area contributed by atoms with E-state index in [-0.39, 0.29) is 11.8 Å². The number of nitrogens with zero attached hydrogens (tertiary/aromatic N) is 2. The van der Waals surface area contributed by atoms with E-state index in [1.54, 1.807) is 17.0 Å². The Morgan fingerprint density at radius 1 is 1.38 bits per heavy atom. The summed E-state index contributed by atoms with van der Waals surface area (Å²) in [6.07, 6.45) is 2.72. The van der Waals surface area contributed by atoms with Crippen molar-refractivity contribution in [2.75, 3.05) is 13.1 Å². The van der Waals surface area contributed by atoms with E-state index < -0.39 is 5.97 Å². The van der Waals surface area contributed by atoms with Crippen molar-refractivity contribution in [1.82, 2.24) is 9.88 Å². The molecule has 2 rings (SSSR count). The predicted molar refractivity (Wildman–Crippen MR) is 79.5 cm³/mol. The standard InChI is InChI=1S/C15H19ClN2O3/c1-2-3-12-8-11(9-13(16)17-12)14(19)18-6-4-10(5-7-18)15(20)21/h8-10H,2-7H2,1H3,(H,20,21). The number of carboxylic acids is 1. The highest BCUT2D eigenvalue weighted by atomic mass is 35.5. The number of carbonyl (C=O) groups excluding carboxylic acids is 1. The van der Waals surface area contributed by atoms with Crippen molar-refractivity contribution >= 4 is 23.5 Å². The molecule has 0 bridgehead atoms. The Hall–Kier alpha value is -1.62. The van der Waals surface area contributed by atoms with Gasteiger partial charge in [0, 0.05) is 24.3 Å². The van der Waals surface area contributed by atoms with Crippen molar-refractivity contribution in [1.29, 1.82) is 0 Å². The van der Waals surface area contributed by atoms with Crippen LogP contribution in [-0.2, 0) is 11.2 Å². The first-order chi connectivity index (χ1) is 10.0. The van der Waals surface area contributed by atoms with Crippen LogP contribution in [0.4, 0.5) is 0 Å². The molecule has 21 heavy (non-hydrogen) atoms. The van der Waals surface area contributed by atoms with Crippen molar-refractivity contribution in [3.8, 4) is 0 Å². The molecule has 0 radical (unpaired) electrons. The third kappa shape index (κ3) is 3.94. The lowest BCUT2D eigenvalue weighted by atomic mass is 9.96. The molecule has 0 spiro atoms. The SMILES string of the molecule is CCCc1cc(C(=O)N2CCC(C(=O)O)CC2)cc(Cl)n1.